The maximum Gasteiger partial charge on any atom is 0.272 e. The molecule has 10 heteroatoms. The number of pyridine rings is 1. The Balaban J connectivity index is 1.42. The molecule has 0 unspecified atom stereocenters. The van der Waals surface area contributed by atoms with Crippen molar-refractivity contribution < 1.29 is 14.0 Å². The first-order valence-corrected chi connectivity index (χ1v) is 11.6. The van der Waals surface area contributed by atoms with Crippen LogP contribution in [0.25, 0.3) is 28.3 Å². The van der Waals surface area contributed by atoms with E-state index in [4.69, 9.17) is 34.1 Å². The van der Waals surface area contributed by atoms with E-state index in [-0.39, 0.29) is 5.91 Å². The molecule has 0 atom stereocenters. The second-order valence-electron chi connectivity index (χ2n) is 7.30. The van der Waals surface area contributed by atoms with Gasteiger partial charge in [-0.3, -0.25) is 14.6 Å². The molecule has 0 spiro atoms. The molecule has 2 amide bonds. The van der Waals surface area contributed by atoms with Crippen molar-refractivity contribution in [1.29, 1.82) is 0 Å². The molecular formula is C24H15ClN4O3S2. The Hall–Kier alpha value is -3.50. The summed E-state index contributed by atoms with van der Waals surface area (Å²) < 4.78 is 6.28. The molecule has 0 saturated carbocycles. The van der Waals surface area contributed by atoms with Gasteiger partial charge in [-0.25, -0.2) is 10.9 Å². The molecule has 34 heavy (non-hydrogen) atoms. The number of aromatic nitrogens is 1. The highest BCUT2D eigenvalue weighted by atomic mass is 35.5. The number of halogens is 1. The van der Waals surface area contributed by atoms with Gasteiger partial charge >= 0.3 is 0 Å². The number of hydrazine groups is 1. The first kappa shape index (κ1) is 22.3. The Bertz CT molecular complexity index is 1520. The normalized spacial score (nSPS) is 14.6. The molecule has 5 rings (SSSR count). The first-order valence-electron chi connectivity index (χ1n) is 9.97. The zero-order valence-electron chi connectivity index (χ0n) is 17.3. The van der Waals surface area contributed by atoms with Crippen LogP contribution in [0.1, 0.15) is 16.1 Å². The van der Waals surface area contributed by atoms with Gasteiger partial charge in [0.15, 0.2) is 0 Å². The number of rotatable bonds is 4. The summed E-state index contributed by atoms with van der Waals surface area (Å²) in [4.78, 5) is 29.8. The SMILES string of the molecule is NN(C(=O)c1cccc(-c2ccc(C=C3SC(=S)NC3=O)o2)c1)c1ccnc2cc(Cl)ccc12. The van der Waals surface area contributed by atoms with Crippen molar-refractivity contribution in [1.82, 2.24) is 10.3 Å². The van der Waals surface area contributed by atoms with Crippen molar-refractivity contribution >= 4 is 74.4 Å². The molecule has 168 valence electrons. The average molecular weight is 507 g/mol. The van der Waals surface area contributed by atoms with Gasteiger partial charge in [0, 0.05) is 33.8 Å². The second-order valence-corrected chi connectivity index (χ2v) is 9.46. The summed E-state index contributed by atoms with van der Waals surface area (Å²) in [5.74, 6) is 6.61. The van der Waals surface area contributed by atoms with Crippen LogP contribution in [0.5, 0.6) is 0 Å². The predicted molar refractivity (Wildman–Crippen MR) is 138 cm³/mol. The summed E-state index contributed by atoms with van der Waals surface area (Å²) in [5, 5.41) is 4.90. The van der Waals surface area contributed by atoms with Crippen LogP contribution in [-0.4, -0.2) is 21.1 Å². The lowest BCUT2D eigenvalue weighted by molar-refractivity contribution is -0.115. The van der Waals surface area contributed by atoms with E-state index in [9.17, 15) is 9.59 Å². The number of amides is 2. The Morgan fingerprint density at radius 2 is 2.03 bits per heavy atom. The molecule has 0 radical (unpaired) electrons. The Labute approximate surface area is 208 Å². The van der Waals surface area contributed by atoms with E-state index in [1.54, 1.807) is 66.9 Å². The average Bonchev–Trinajstić information content (AvgIpc) is 3.43. The van der Waals surface area contributed by atoms with Gasteiger partial charge in [-0.05, 0) is 48.5 Å². The number of fused-ring (bicyclic) bond motifs is 1. The Morgan fingerprint density at radius 3 is 2.82 bits per heavy atom. The van der Waals surface area contributed by atoms with Crippen molar-refractivity contribution in [3.05, 3.63) is 88.1 Å². The van der Waals surface area contributed by atoms with Crippen LogP contribution in [0.2, 0.25) is 5.02 Å². The minimum atomic E-state index is -0.397. The number of nitrogens with two attached hydrogens (primary N) is 1. The minimum Gasteiger partial charge on any atom is -0.457 e. The lowest BCUT2D eigenvalue weighted by atomic mass is 10.1. The van der Waals surface area contributed by atoms with E-state index < -0.39 is 5.91 Å². The van der Waals surface area contributed by atoms with E-state index in [1.165, 1.54) is 11.8 Å². The molecule has 3 heterocycles. The highest BCUT2D eigenvalue weighted by molar-refractivity contribution is 8.26. The summed E-state index contributed by atoms with van der Waals surface area (Å²) in [6, 6.07) is 17.3. The lowest BCUT2D eigenvalue weighted by Gasteiger charge is -2.19. The topological polar surface area (TPSA) is 101 Å². The van der Waals surface area contributed by atoms with Gasteiger partial charge in [-0.15, -0.1) is 0 Å². The van der Waals surface area contributed by atoms with Gasteiger partial charge in [0.1, 0.15) is 15.8 Å². The van der Waals surface area contributed by atoms with Crippen LogP contribution in [0, 0.1) is 0 Å². The molecule has 1 aliphatic rings. The van der Waals surface area contributed by atoms with E-state index in [0.29, 0.717) is 53.5 Å². The van der Waals surface area contributed by atoms with Crippen LogP contribution in [0.4, 0.5) is 5.69 Å². The zero-order valence-corrected chi connectivity index (χ0v) is 19.7. The summed E-state index contributed by atoms with van der Waals surface area (Å²) in [7, 11) is 0. The summed E-state index contributed by atoms with van der Waals surface area (Å²) >= 11 is 12.2. The number of benzene rings is 2. The van der Waals surface area contributed by atoms with E-state index >= 15 is 0 Å². The van der Waals surface area contributed by atoms with Crippen LogP contribution in [0.15, 0.2) is 76.2 Å². The zero-order chi connectivity index (χ0) is 23.8. The van der Waals surface area contributed by atoms with Crippen LogP contribution < -0.4 is 16.2 Å². The number of nitrogens with zero attached hydrogens (tertiary/aromatic N) is 2. The monoisotopic (exact) mass is 506 g/mol. The smallest absolute Gasteiger partial charge is 0.272 e. The van der Waals surface area contributed by atoms with Gasteiger partial charge < -0.3 is 9.73 Å². The number of hydrogen-bond acceptors (Lipinski definition) is 7. The third-order valence-corrected chi connectivity index (χ3v) is 6.49. The molecule has 3 N–H and O–H groups in total. The van der Waals surface area contributed by atoms with Crippen molar-refractivity contribution in [3.8, 4) is 11.3 Å². The van der Waals surface area contributed by atoms with Crippen molar-refractivity contribution in [2.45, 2.75) is 0 Å². The van der Waals surface area contributed by atoms with Crippen LogP contribution in [0.3, 0.4) is 0 Å². The quantitative estimate of drug-likeness (QED) is 0.130. The number of hydrogen-bond donors (Lipinski definition) is 2. The molecule has 4 aromatic rings. The van der Waals surface area contributed by atoms with Crippen molar-refractivity contribution in [2.75, 3.05) is 5.01 Å². The molecule has 2 aromatic heterocycles. The van der Waals surface area contributed by atoms with Crippen molar-refractivity contribution in [2.24, 2.45) is 5.84 Å². The largest absolute Gasteiger partial charge is 0.457 e. The summed E-state index contributed by atoms with van der Waals surface area (Å²) in [5.41, 5.74) is 2.21. The van der Waals surface area contributed by atoms with Crippen LogP contribution >= 0.6 is 35.6 Å². The van der Waals surface area contributed by atoms with Gasteiger partial charge in [-0.1, -0.05) is 47.7 Å². The fraction of sp³-hybridized carbons (Fsp3) is 0. The molecule has 2 aromatic carbocycles. The van der Waals surface area contributed by atoms with Gasteiger partial charge in [-0.2, -0.15) is 0 Å². The van der Waals surface area contributed by atoms with Gasteiger partial charge in [0.2, 0.25) is 0 Å². The minimum absolute atomic E-state index is 0.255. The van der Waals surface area contributed by atoms with Gasteiger partial charge in [0.25, 0.3) is 11.8 Å². The molecule has 1 aliphatic heterocycles. The third-order valence-electron chi connectivity index (χ3n) is 5.10. The maximum atomic E-state index is 13.2. The molecule has 0 aliphatic carbocycles. The van der Waals surface area contributed by atoms with E-state index in [0.717, 1.165) is 5.01 Å². The number of carbonyl (C=O) groups is 2. The van der Waals surface area contributed by atoms with E-state index in [2.05, 4.69) is 10.3 Å². The Kier molecular flexibility index (Phi) is 5.93. The number of nitrogens with one attached hydrogen (secondary N) is 1. The fourth-order valence-electron chi connectivity index (χ4n) is 3.51. The maximum absolute atomic E-state index is 13.2. The van der Waals surface area contributed by atoms with E-state index in [1.807, 2.05) is 6.07 Å². The number of anilines is 1. The fourth-order valence-corrected chi connectivity index (χ4v) is 4.70. The lowest BCUT2D eigenvalue weighted by Crippen LogP contribution is -2.37. The standard InChI is InChI=1S/C24H15ClN4O3S2/c25-15-4-6-17-18(11-15)27-9-8-19(17)29(26)23(31)14-3-1-2-13(10-14)20-7-5-16(32-20)12-21-22(30)28-24(33)34-21/h1-12H,26H2,(H,28,30,33). The van der Waals surface area contributed by atoms with Crippen molar-refractivity contribution in [3.63, 3.8) is 0 Å². The highest BCUT2D eigenvalue weighted by Crippen LogP contribution is 2.30. The molecule has 7 nitrogen and oxygen atoms in total. The van der Waals surface area contributed by atoms with Gasteiger partial charge in [0.05, 0.1) is 16.1 Å². The first-order chi connectivity index (χ1) is 16.4. The molecule has 0 bridgehead atoms. The number of thiocarbonyl (C=S) groups is 1. The number of furan rings is 1. The highest BCUT2D eigenvalue weighted by Gasteiger charge is 2.23. The Morgan fingerprint density at radius 1 is 1.18 bits per heavy atom. The number of carbonyl (C=O) groups excluding carboxylic acids is 2. The third kappa shape index (κ3) is 4.34. The number of thioether (sulfide) groups is 1. The predicted octanol–water partition coefficient (Wildman–Crippen LogP) is 5.16. The molecule has 1 saturated heterocycles. The summed E-state index contributed by atoms with van der Waals surface area (Å²) in [6.45, 7) is 0. The molecule has 1 fully saturated rings. The summed E-state index contributed by atoms with van der Waals surface area (Å²) in [6.07, 6.45) is 3.20. The van der Waals surface area contributed by atoms with Crippen LogP contribution in [-0.2, 0) is 4.79 Å². The second kappa shape index (κ2) is 9.03. The molecular weight excluding hydrogens is 492 g/mol.